The number of aromatic nitrogens is 1. The molecular weight excluding hydrogens is 371 g/mol. The zero-order valence-electron chi connectivity index (χ0n) is 12.1. The maximum Gasteiger partial charge on any atom is 0.272 e. The summed E-state index contributed by atoms with van der Waals surface area (Å²) in [5, 5.41) is 3.17. The Kier molecular flexibility index (Phi) is 5.02. The van der Waals surface area contributed by atoms with Crippen molar-refractivity contribution in [3.8, 4) is 0 Å². The van der Waals surface area contributed by atoms with Crippen LogP contribution in [0.1, 0.15) is 11.8 Å². The van der Waals surface area contributed by atoms with Crippen LogP contribution in [0.4, 0.5) is 0 Å². The van der Waals surface area contributed by atoms with E-state index in [0.717, 1.165) is 15.1 Å². The van der Waals surface area contributed by atoms with Gasteiger partial charge in [-0.15, -0.1) is 11.3 Å². The number of halogens is 2. The quantitative estimate of drug-likeness (QED) is 0.570. The molecule has 2 aromatic heterocycles. The average Bonchev–Trinajstić information content (AvgIpc) is 3.16. The highest BCUT2D eigenvalue weighted by Crippen LogP contribution is 2.31. The van der Waals surface area contributed by atoms with Crippen LogP contribution in [0, 0.1) is 0 Å². The van der Waals surface area contributed by atoms with Gasteiger partial charge >= 0.3 is 0 Å². The van der Waals surface area contributed by atoms with Crippen molar-refractivity contribution >= 4 is 68.1 Å². The van der Waals surface area contributed by atoms with Crippen LogP contribution in [-0.2, 0) is 11.3 Å². The molecule has 0 aliphatic rings. The van der Waals surface area contributed by atoms with E-state index in [1.54, 1.807) is 29.5 Å². The molecule has 3 aromatic rings. The van der Waals surface area contributed by atoms with E-state index in [-0.39, 0.29) is 5.91 Å². The van der Waals surface area contributed by atoms with Gasteiger partial charge in [-0.3, -0.25) is 4.79 Å². The molecule has 0 atom stereocenters. The number of carbonyl (C=O) groups is 1. The average molecular weight is 383 g/mol. The molecule has 0 saturated heterocycles. The number of benzene rings is 1. The molecule has 1 aromatic carbocycles. The molecule has 1 amide bonds. The summed E-state index contributed by atoms with van der Waals surface area (Å²) in [7, 11) is 0. The SMILES string of the molecule is CCn1c(=NC(=O)/C=C/c2cccs2)sc2c(Cl)ccc(Cl)c21. The van der Waals surface area contributed by atoms with Crippen LogP contribution < -0.4 is 4.80 Å². The molecule has 3 nitrogen and oxygen atoms in total. The number of thiazole rings is 1. The highest BCUT2D eigenvalue weighted by molar-refractivity contribution is 7.17. The minimum Gasteiger partial charge on any atom is -0.315 e. The van der Waals surface area contributed by atoms with Gasteiger partial charge in [0.05, 0.1) is 20.3 Å². The number of amides is 1. The Bertz CT molecular complexity index is 953. The summed E-state index contributed by atoms with van der Waals surface area (Å²) < 4.78 is 2.75. The van der Waals surface area contributed by atoms with E-state index < -0.39 is 0 Å². The van der Waals surface area contributed by atoms with Crippen molar-refractivity contribution in [1.82, 2.24) is 4.57 Å². The zero-order valence-corrected chi connectivity index (χ0v) is 15.3. The zero-order chi connectivity index (χ0) is 16.4. The van der Waals surface area contributed by atoms with Gasteiger partial charge in [-0.05, 0) is 36.6 Å². The van der Waals surface area contributed by atoms with Gasteiger partial charge in [0.2, 0.25) is 0 Å². The van der Waals surface area contributed by atoms with Gasteiger partial charge < -0.3 is 4.57 Å². The lowest BCUT2D eigenvalue weighted by molar-refractivity contribution is -0.113. The summed E-state index contributed by atoms with van der Waals surface area (Å²) >= 11 is 15.5. The number of aryl methyl sites for hydroxylation is 1. The fraction of sp³-hybridized carbons (Fsp3) is 0.125. The minimum absolute atomic E-state index is 0.306. The molecule has 0 aliphatic carbocycles. The van der Waals surface area contributed by atoms with E-state index in [2.05, 4.69) is 4.99 Å². The van der Waals surface area contributed by atoms with E-state index in [0.29, 0.717) is 21.4 Å². The summed E-state index contributed by atoms with van der Waals surface area (Å²) in [6.07, 6.45) is 3.24. The molecule has 0 bridgehead atoms. The Morgan fingerprint density at radius 3 is 2.78 bits per heavy atom. The molecule has 0 spiro atoms. The summed E-state index contributed by atoms with van der Waals surface area (Å²) in [6, 6.07) is 7.39. The number of rotatable bonds is 3. The molecule has 23 heavy (non-hydrogen) atoms. The molecule has 0 aliphatic heterocycles. The van der Waals surface area contributed by atoms with Gasteiger partial charge in [0.1, 0.15) is 0 Å². The van der Waals surface area contributed by atoms with Crippen molar-refractivity contribution in [1.29, 1.82) is 0 Å². The Morgan fingerprint density at radius 1 is 1.30 bits per heavy atom. The van der Waals surface area contributed by atoms with Gasteiger partial charge in [-0.25, -0.2) is 0 Å². The first-order chi connectivity index (χ1) is 11.1. The summed E-state index contributed by atoms with van der Waals surface area (Å²) in [6.45, 7) is 2.63. The van der Waals surface area contributed by atoms with Crippen LogP contribution >= 0.6 is 45.9 Å². The van der Waals surface area contributed by atoms with Crippen LogP contribution in [-0.4, -0.2) is 10.5 Å². The summed E-state index contributed by atoms with van der Waals surface area (Å²) in [5.74, 6) is -0.306. The van der Waals surface area contributed by atoms with Gasteiger partial charge in [0.25, 0.3) is 5.91 Å². The summed E-state index contributed by atoms with van der Waals surface area (Å²) in [5.41, 5.74) is 0.820. The van der Waals surface area contributed by atoms with Gasteiger partial charge in [0, 0.05) is 17.5 Å². The van der Waals surface area contributed by atoms with Crippen LogP contribution in [0.2, 0.25) is 10.0 Å². The first-order valence-electron chi connectivity index (χ1n) is 6.87. The highest BCUT2D eigenvalue weighted by atomic mass is 35.5. The van der Waals surface area contributed by atoms with Gasteiger partial charge in [-0.2, -0.15) is 4.99 Å². The number of hydrogen-bond acceptors (Lipinski definition) is 3. The smallest absolute Gasteiger partial charge is 0.272 e. The van der Waals surface area contributed by atoms with E-state index in [1.807, 2.05) is 29.0 Å². The fourth-order valence-electron chi connectivity index (χ4n) is 2.16. The highest BCUT2D eigenvalue weighted by Gasteiger charge is 2.12. The Balaban J connectivity index is 2.07. The van der Waals surface area contributed by atoms with Crippen molar-refractivity contribution in [2.24, 2.45) is 4.99 Å². The normalized spacial score (nSPS) is 12.6. The molecule has 118 valence electrons. The number of thiophene rings is 1. The Labute approximate surface area is 151 Å². The summed E-state index contributed by atoms with van der Waals surface area (Å²) in [4.78, 5) is 17.9. The molecular formula is C16H12Cl2N2OS2. The fourth-order valence-corrected chi connectivity index (χ4v) is 4.49. The molecule has 0 saturated carbocycles. The first kappa shape index (κ1) is 16.5. The Hall–Kier alpha value is -1.40. The monoisotopic (exact) mass is 382 g/mol. The molecule has 0 unspecified atom stereocenters. The third-order valence-electron chi connectivity index (χ3n) is 3.18. The number of carbonyl (C=O) groups excluding carboxylic acids is 1. The topological polar surface area (TPSA) is 34.4 Å². The Morgan fingerprint density at radius 2 is 2.09 bits per heavy atom. The molecule has 2 heterocycles. The second-order valence-electron chi connectivity index (χ2n) is 4.63. The van der Waals surface area contributed by atoms with E-state index in [4.69, 9.17) is 23.2 Å². The maximum atomic E-state index is 12.1. The number of hydrogen-bond donors (Lipinski definition) is 0. The van der Waals surface area contributed by atoms with Crippen molar-refractivity contribution in [2.45, 2.75) is 13.5 Å². The molecule has 3 rings (SSSR count). The minimum atomic E-state index is -0.306. The molecule has 0 fully saturated rings. The van der Waals surface area contributed by atoms with Crippen molar-refractivity contribution in [2.75, 3.05) is 0 Å². The molecule has 0 radical (unpaired) electrons. The lowest BCUT2D eigenvalue weighted by atomic mass is 10.3. The van der Waals surface area contributed by atoms with Crippen molar-refractivity contribution in [3.63, 3.8) is 0 Å². The van der Waals surface area contributed by atoms with Crippen LogP contribution in [0.25, 0.3) is 16.3 Å². The number of nitrogens with zero attached hydrogens (tertiary/aromatic N) is 2. The van der Waals surface area contributed by atoms with Crippen LogP contribution in [0.15, 0.2) is 40.7 Å². The maximum absolute atomic E-state index is 12.1. The van der Waals surface area contributed by atoms with Crippen LogP contribution in [0.3, 0.4) is 0 Å². The second-order valence-corrected chi connectivity index (χ2v) is 7.41. The van der Waals surface area contributed by atoms with E-state index >= 15 is 0 Å². The third-order valence-corrected chi connectivity index (χ3v) is 5.86. The van der Waals surface area contributed by atoms with Crippen LogP contribution in [0.5, 0.6) is 0 Å². The predicted molar refractivity (Wildman–Crippen MR) is 99.4 cm³/mol. The standard InChI is InChI=1S/C16H12Cl2N2OS2/c1-2-20-14-11(17)6-7-12(18)15(14)23-16(20)19-13(21)8-5-10-4-3-9-22-10/h3-9H,2H2,1H3/b8-5+,19-16?. The second kappa shape index (κ2) is 7.01. The largest absolute Gasteiger partial charge is 0.315 e. The molecule has 0 N–H and O–H groups in total. The van der Waals surface area contributed by atoms with Gasteiger partial charge in [-0.1, -0.05) is 40.6 Å². The third kappa shape index (κ3) is 3.43. The van der Waals surface area contributed by atoms with Gasteiger partial charge in [0.15, 0.2) is 4.80 Å². The molecule has 7 heteroatoms. The first-order valence-corrected chi connectivity index (χ1v) is 9.33. The predicted octanol–water partition coefficient (Wildman–Crippen LogP) is 5.23. The lowest BCUT2D eigenvalue weighted by Crippen LogP contribution is -2.15. The lowest BCUT2D eigenvalue weighted by Gasteiger charge is -2.02. The van der Waals surface area contributed by atoms with Crippen molar-refractivity contribution < 1.29 is 4.79 Å². The van der Waals surface area contributed by atoms with Crippen molar-refractivity contribution in [3.05, 3.63) is 55.4 Å². The number of fused-ring (bicyclic) bond motifs is 1. The van der Waals surface area contributed by atoms with E-state index in [9.17, 15) is 4.79 Å². The van der Waals surface area contributed by atoms with E-state index in [1.165, 1.54) is 17.4 Å².